The number of fused-ring (bicyclic) bond motifs is 1. The first-order valence-electron chi connectivity index (χ1n) is 10.8. The maximum absolute atomic E-state index is 12.7. The zero-order valence-electron chi connectivity index (χ0n) is 18.0. The van der Waals surface area contributed by atoms with Crippen molar-refractivity contribution < 1.29 is 23.8 Å². The Bertz CT molecular complexity index is 1170. The van der Waals surface area contributed by atoms with Crippen molar-refractivity contribution in [1.82, 2.24) is 15.2 Å². The predicted molar refractivity (Wildman–Crippen MR) is 120 cm³/mol. The molecule has 2 amide bonds. The molecule has 3 aromatic rings. The second-order valence-corrected chi connectivity index (χ2v) is 7.81. The van der Waals surface area contributed by atoms with Crippen LogP contribution in [0.3, 0.4) is 0 Å². The molecule has 1 aromatic heterocycles. The number of nitrogens with zero attached hydrogens (tertiary/aromatic N) is 2. The van der Waals surface area contributed by atoms with Gasteiger partial charge in [0.2, 0.25) is 6.79 Å². The summed E-state index contributed by atoms with van der Waals surface area (Å²) >= 11 is 0. The number of ether oxygens (including phenoxy) is 3. The molecule has 0 aliphatic carbocycles. The largest absolute Gasteiger partial charge is 0.454 e. The van der Waals surface area contributed by atoms with E-state index < -0.39 is 0 Å². The maximum Gasteiger partial charge on any atom is 0.254 e. The lowest BCUT2D eigenvalue weighted by Crippen LogP contribution is -2.40. The molecule has 5 rings (SSSR count). The lowest BCUT2D eigenvalue weighted by molar-refractivity contribution is 0.0303. The average molecular weight is 445 g/mol. The molecule has 0 saturated carbocycles. The second kappa shape index (κ2) is 9.30. The smallest absolute Gasteiger partial charge is 0.254 e. The molecule has 2 aromatic carbocycles. The zero-order chi connectivity index (χ0) is 22.6. The van der Waals surface area contributed by atoms with Crippen molar-refractivity contribution >= 4 is 11.8 Å². The summed E-state index contributed by atoms with van der Waals surface area (Å²) in [5.41, 5.74) is 3.69. The molecule has 168 valence electrons. The Morgan fingerprint density at radius 3 is 2.48 bits per heavy atom. The van der Waals surface area contributed by atoms with Crippen LogP contribution in [-0.4, -0.2) is 54.8 Å². The molecule has 0 radical (unpaired) electrons. The van der Waals surface area contributed by atoms with Gasteiger partial charge in [0.1, 0.15) is 0 Å². The van der Waals surface area contributed by atoms with Gasteiger partial charge in [-0.15, -0.1) is 0 Å². The van der Waals surface area contributed by atoms with Gasteiger partial charge >= 0.3 is 0 Å². The van der Waals surface area contributed by atoms with Crippen LogP contribution < -0.4 is 14.8 Å². The van der Waals surface area contributed by atoms with Crippen LogP contribution in [-0.2, 0) is 11.3 Å². The molecule has 8 heteroatoms. The highest BCUT2D eigenvalue weighted by molar-refractivity contribution is 5.96. The van der Waals surface area contributed by atoms with Crippen molar-refractivity contribution in [1.29, 1.82) is 0 Å². The molecule has 0 spiro atoms. The third-order valence-electron chi connectivity index (χ3n) is 5.65. The highest BCUT2D eigenvalue weighted by Gasteiger charge is 2.18. The molecule has 0 bridgehead atoms. The van der Waals surface area contributed by atoms with Gasteiger partial charge in [-0.1, -0.05) is 18.2 Å². The van der Waals surface area contributed by atoms with Crippen LogP contribution in [0.15, 0.2) is 60.9 Å². The number of nitrogens with one attached hydrogen (secondary N) is 1. The number of morpholine rings is 1. The Balaban J connectivity index is 1.24. The fraction of sp³-hybridized carbons (Fsp3) is 0.240. The summed E-state index contributed by atoms with van der Waals surface area (Å²) in [6, 6.07) is 14.7. The molecule has 1 saturated heterocycles. The average Bonchev–Trinajstić information content (AvgIpc) is 3.35. The van der Waals surface area contributed by atoms with Crippen LogP contribution in [0.5, 0.6) is 11.5 Å². The third-order valence-corrected chi connectivity index (χ3v) is 5.65. The molecule has 2 aliphatic rings. The second-order valence-electron chi connectivity index (χ2n) is 7.81. The Kier molecular flexibility index (Phi) is 5.91. The van der Waals surface area contributed by atoms with Gasteiger partial charge in [0.15, 0.2) is 11.5 Å². The molecule has 1 N–H and O–H groups in total. The lowest BCUT2D eigenvalue weighted by Gasteiger charge is -2.26. The number of hydrogen-bond donors (Lipinski definition) is 1. The van der Waals surface area contributed by atoms with Crippen LogP contribution in [0.1, 0.15) is 26.3 Å². The van der Waals surface area contributed by atoms with E-state index in [2.05, 4.69) is 10.3 Å². The van der Waals surface area contributed by atoms with Gasteiger partial charge in [-0.25, -0.2) is 0 Å². The summed E-state index contributed by atoms with van der Waals surface area (Å²) in [7, 11) is 0. The van der Waals surface area contributed by atoms with Gasteiger partial charge in [-0.3, -0.25) is 14.6 Å². The van der Waals surface area contributed by atoms with E-state index in [1.165, 1.54) is 6.20 Å². The molecule has 2 aliphatic heterocycles. The highest BCUT2D eigenvalue weighted by atomic mass is 16.7. The van der Waals surface area contributed by atoms with Gasteiger partial charge in [0, 0.05) is 43.2 Å². The number of amides is 2. The van der Waals surface area contributed by atoms with Gasteiger partial charge in [0.25, 0.3) is 11.8 Å². The topological polar surface area (TPSA) is 90.0 Å². The summed E-state index contributed by atoms with van der Waals surface area (Å²) < 4.78 is 16.0. The van der Waals surface area contributed by atoms with E-state index in [1.54, 1.807) is 29.3 Å². The van der Waals surface area contributed by atoms with Crippen molar-refractivity contribution in [2.75, 3.05) is 33.1 Å². The molecule has 3 heterocycles. The molecule has 1 fully saturated rings. The SMILES string of the molecule is O=C(NCc1ccc2c(c1)OCO2)c1cncc(-c2ccc(C(=O)N3CCOCC3)cc2)c1. The van der Waals surface area contributed by atoms with Gasteiger partial charge in [-0.2, -0.15) is 0 Å². The van der Waals surface area contributed by atoms with Crippen LogP contribution in [0.2, 0.25) is 0 Å². The zero-order valence-corrected chi connectivity index (χ0v) is 18.0. The number of aromatic nitrogens is 1. The number of carbonyl (C=O) groups excluding carboxylic acids is 2. The Labute approximate surface area is 191 Å². The number of benzene rings is 2. The van der Waals surface area contributed by atoms with E-state index in [1.807, 2.05) is 30.3 Å². The molecule has 0 unspecified atom stereocenters. The fourth-order valence-electron chi connectivity index (χ4n) is 3.81. The molecule has 33 heavy (non-hydrogen) atoms. The van der Waals surface area contributed by atoms with Crippen molar-refractivity contribution in [2.24, 2.45) is 0 Å². The van der Waals surface area contributed by atoms with Crippen LogP contribution in [0, 0.1) is 0 Å². The van der Waals surface area contributed by atoms with Crippen LogP contribution in [0.4, 0.5) is 0 Å². The van der Waals surface area contributed by atoms with E-state index in [-0.39, 0.29) is 18.6 Å². The lowest BCUT2D eigenvalue weighted by atomic mass is 10.0. The Morgan fingerprint density at radius 1 is 0.879 bits per heavy atom. The Morgan fingerprint density at radius 2 is 1.67 bits per heavy atom. The number of rotatable bonds is 5. The van der Waals surface area contributed by atoms with Crippen molar-refractivity contribution in [3.63, 3.8) is 0 Å². The minimum atomic E-state index is -0.221. The minimum Gasteiger partial charge on any atom is -0.454 e. The summed E-state index contributed by atoms with van der Waals surface area (Å²) in [5, 5.41) is 2.91. The highest BCUT2D eigenvalue weighted by Crippen LogP contribution is 2.32. The van der Waals surface area contributed by atoms with E-state index in [0.717, 1.165) is 16.7 Å². The monoisotopic (exact) mass is 445 g/mol. The van der Waals surface area contributed by atoms with Gasteiger partial charge in [-0.05, 0) is 41.5 Å². The van der Waals surface area contributed by atoms with Crippen molar-refractivity contribution in [2.45, 2.75) is 6.54 Å². The van der Waals surface area contributed by atoms with E-state index in [4.69, 9.17) is 14.2 Å². The third kappa shape index (κ3) is 4.65. The quantitative estimate of drug-likeness (QED) is 0.650. The summed E-state index contributed by atoms with van der Waals surface area (Å²) in [6.07, 6.45) is 3.24. The number of hydrogen-bond acceptors (Lipinski definition) is 6. The number of pyridine rings is 1. The van der Waals surface area contributed by atoms with Crippen LogP contribution >= 0.6 is 0 Å². The fourth-order valence-corrected chi connectivity index (χ4v) is 3.81. The van der Waals surface area contributed by atoms with Gasteiger partial charge in [0.05, 0.1) is 18.8 Å². The minimum absolute atomic E-state index is 0.000351. The first-order chi connectivity index (χ1) is 16.2. The van der Waals surface area contributed by atoms with Crippen LogP contribution in [0.25, 0.3) is 11.1 Å². The van der Waals surface area contributed by atoms with Crippen molar-refractivity contribution in [3.8, 4) is 22.6 Å². The first kappa shape index (κ1) is 21.0. The molecule has 8 nitrogen and oxygen atoms in total. The van der Waals surface area contributed by atoms with E-state index >= 15 is 0 Å². The predicted octanol–water partition coefficient (Wildman–Crippen LogP) is 2.88. The molecular weight excluding hydrogens is 422 g/mol. The van der Waals surface area contributed by atoms with E-state index in [9.17, 15) is 9.59 Å². The van der Waals surface area contributed by atoms with Gasteiger partial charge < -0.3 is 24.4 Å². The van der Waals surface area contributed by atoms with E-state index in [0.29, 0.717) is 55.5 Å². The normalized spacial score (nSPS) is 14.7. The summed E-state index contributed by atoms with van der Waals surface area (Å²) in [5.74, 6) is 1.17. The maximum atomic E-state index is 12.7. The molecular formula is C25H23N3O5. The standard InChI is InChI=1S/C25H23N3O5/c29-24(27-13-17-1-6-22-23(11-17)33-16-32-22)21-12-20(14-26-15-21)18-2-4-19(5-3-18)25(30)28-7-9-31-10-8-28/h1-6,11-12,14-15H,7-10,13,16H2,(H,27,29). The Hall–Kier alpha value is -3.91. The van der Waals surface area contributed by atoms with Crippen molar-refractivity contribution in [3.05, 3.63) is 77.6 Å². The summed E-state index contributed by atoms with van der Waals surface area (Å²) in [6.45, 7) is 2.92. The molecule has 0 atom stereocenters. The number of carbonyl (C=O) groups is 2. The first-order valence-corrected chi connectivity index (χ1v) is 10.8. The summed E-state index contributed by atoms with van der Waals surface area (Å²) in [4.78, 5) is 31.3.